The number of imidazole rings is 1. The highest BCUT2D eigenvalue weighted by Gasteiger charge is 2.08. The predicted molar refractivity (Wildman–Crippen MR) is 96.3 cm³/mol. The Labute approximate surface area is 149 Å². The fourth-order valence-corrected chi connectivity index (χ4v) is 2.91. The number of carbonyl (C=O) groups excluding carboxylic acids is 2. The molecular formula is C18H18N4O2S. The Morgan fingerprint density at radius 3 is 2.56 bits per heavy atom. The number of hydrogen-bond donors (Lipinski definition) is 2. The molecule has 0 aliphatic rings. The van der Waals surface area contributed by atoms with E-state index in [0.717, 1.165) is 17.7 Å². The summed E-state index contributed by atoms with van der Waals surface area (Å²) in [6.07, 6.45) is 5.44. The molecule has 2 aromatic heterocycles. The molecule has 3 aromatic rings. The Balaban J connectivity index is 1.42. The molecule has 0 fully saturated rings. The maximum Gasteiger partial charge on any atom is 0.261 e. The third kappa shape index (κ3) is 5.02. The van der Waals surface area contributed by atoms with Gasteiger partial charge in [-0.3, -0.25) is 9.59 Å². The van der Waals surface area contributed by atoms with Crippen molar-refractivity contribution in [3.8, 4) is 0 Å². The Bertz CT molecular complexity index is 811. The van der Waals surface area contributed by atoms with Gasteiger partial charge in [-0.25, -0.2) is 4.98 Å². The number of rotatable bonds is 7. The van der Waals surface area contributed by atoms with Crippen LogP contribution in [0.25, 0.3) is 0 Å². The lowest BCUT2D eigenvalue weighted by Crippen LogP contribution is -2.36. The van der Waals surface area contributed by atoms with Crippen molar-refractivity contribution >= 4 is 23.2 Å². The molecule has 0 unspecified atom stereocenters. The van der Waals surface area contributed by atoms with Crippen LogP contribution in [-0.4, -0.2) is 27.9 Å². The van der Waals surface area contributed by atoms with Gasteiger partial charge >= 0.3 is 0 Å². The van der Waals surface area contributed by atoms with E-state index in [4.69, 9.17) is 0 Å². The zero-order valence-corrected chi connectivity index (χ0v) is 14.3. The SMILES string of the molecule is O=C(CNC(=O)c1cccs1)NCc1ccc(Cn2ccnc2)cc1. The summed E-state index contributed by atoms with van der Waals surface area (Å²) in [5.74, 6) is -0.443. The van der Waals surface area contributed by atoms with E-state index in [0.29, 0.717) is 11.4 Å². The molecule has 1 aromatic carbocycles. The quantitative estimate of drug-likeness (QED) is 0.682. The Hall–Kier alpha value is -2.93. The number of thiophene rings is 1. The summed E-state index contributed by atoms with van der Waals surface area (Å²) < 4.78 is 1.99. The lowest BCUT2D eigenvalue weighted by Gasteiger charge is -2.08. The fourth-order valence-electron chi connectivity index (χ4n) is 2.27. The van der Waals surface area contributed by atoms with Crippen LogP contribution in [0.15, 0.2) is 60.5 Å². The van der Waals surface area contributed by atoms with Crippen LogP contribution in [0.2, 0.25) is 0 Å². The number of amides is 2. The third-order valence-electron chi connectivity index (χ3n) is 3.59. The first-order valence-electron chi connectivity index (χ1n) is 7.82. The molecule has 3 rings (SSSR count). The van der Waals surface area contributed by atoms with E-state index in [2.05, 4.69) is 15.6 Å². The number of benzene rings is 1. The Morgan fingerprint density at radius 2 is 1.88 bits per heavy atom. The van der Waals surface area contributed by atoms with Crippen molar-refractivity contribution in [3.05, 3.63) is 76.5 Å². The molecule has 0 aliphatic heterocycles. The first kappa shape index (κ1) is 16.9. The molecule has 0 bridgehead atoms. The zero-order valence-electron chi connectivity index (χ0n) is 13.5. The average Bonchev–Trinajstić information content (AvgIpc) is 3.33. The Kier molecular flexibility index (Phi) is 5.58. The monoisotopic (exact) mass is 354 g/mol. The van der Waals surface area contributed by atoms with Crippen LogP contribution >= 0.6 is 11.3 Å². The second-order valence-electron chi connectivity index (χ2n) is 5.49. The topological polar surface area (TPSA) is 76.0 Å². The molecular weight excluding hydrogens is 336 g/mol. The summed E-state index contributed by atoms with van der Waals surface area (Å²) in [4.78, 5) is 28.2. The van der Waals surface area contributed by atoms with Gasteiger partial charge in [0.05, 0.1) is 17.7 Å². The summed E-state index contributed by atoms with van der Waals surface area (Å²) in [6.45, 7) is 1.16. The van der Waals surface area contributed by atoms with Crippen molar-refractivity contribution < 1.29 is 9.59 Å². The second kappa shape index (κ2) is 8.25. The maximum absolute atomic E-state index is 11.8. The number of nitrogens with one attached hydrogen (secondary N) is 2. The molecule has 0 spiro atoms. The highest BCUT2D eigenvalue weighted by Crippen LogP contribution is 2.08. The lowest BCUT2D eigenvalue weighted by atomic mass is 10.1. The van der Waals surface area contributed by atoms with E-state index in [1.54, 1.807) is 24.7 Å². The summed E-state index contributed by atoms with van der Waals surface area (Å²) in [6, 6.07) is 11.5. The van der Waals surface area contributed by atoms with Crippen LogP contribution in [0.4, 0.5) is 0 Å². The normalized spacial score (nSPS) is 10.4. The van der Waals surface area contributed by atoms with E-state index in [-0.39, 0.29) is 18.4 Å². The first-order chi connectivity index (χ1) is 12.2. The van der Waals surface area contributed by atoms with Crippen molar-refractivity contribution in [2.75, 3.05) is 6.54 Å². The van der Waals surface area contributed by atoms with Gasteiger partial charge in [-0.1, -0.05) is 30.3 Å². The lowest BCUT2D eigenvalue weighted by molar-refractivity contribution is -0.120. The minimum Gasteiger partial charge on any atom is -0.350 e. The van der Waals surface area contributed by atoms with Crippen molar-refractivity contribution in [1.82, 2.24) is 20.2 Å². The predicted octanol–water partition coefficient (Wildman–Crippen LogP) is 2.04. The van der Waals surface area contributed by atoms with Crippen LogP contribution in [0.3, 0.4) is 0 Å². The summed E-state index contributed by atoms with van der Waals surface area (Å²) in [7, 11) is 0. The maximum atomic E-state index is 11.8. The zero-order chi connectivity index (χ0) is 17.5. The molecule has 0 aliphatic carbocycles. The van der Waals surface area contributed by atoms with Gasteiger partial charge < -0.3 is 15.2 Å². The van der Waals surface area contributed by atoms with Crippen molar-refractivity contribution in [3.63, 3.8) is 0 Å². The minimum absolute atomic E-state index is 0.0323. The van der Waals surface area contributed by atoms with Gasteiger partial charge in [-0.15, -0.1) is 11.3 Å². The smallest absolute Gasteiger partial charge is 0.261 e. The van der Waals surface area contributed by atoms with Gasteiger partial charge in [0.15, 0.2) is 0 Å². The van der Waals surface area contributed by atoms with E-state index in [1.165, 1.54) is 11.3 Å². The number of aromatic nitrogens is 2. The first-order valence-corrected chi connectivity index (χ1v) is 8.70. The standard InChI is InChI=1S/C18H18N4O2S/c23-17(11-21-18(24)16-2-1-9-25-16)20-10-14-3-5-15(6-4-14)12-22-8-7-19-13-22/h1-9,13H,10-12H2,(H,20,23)(H,21,24). The molecule has 128 valence electrons. The van der Waals surface area contributed by atoms with E-state index >= 15 is 0 Å². The summed E-state index contributed by atoms with van der Waals surface area (Å²) in [5.41, 5.74) is 2.17. The van der Waals surface area contributed by atoms with Crippen LogP contribution in [0.5, 0.6) is 0 Å². The van der Waals surface area contributed by atoms with Gasteiger partial charge in [-0.05, 0) is 22.6 Å². The molecule has 7 heteroatoms. The molecule has 2 amide bonds. The summed E-state index contributed by atoms with van der Waals surface area (Å²) in [5, 5.41) is 7.23. The number of carbonyl (C=O) groups is 2. The molecule has 0 saturated carbocycles. The highest BCUT2D eigenvalue weighted by atomic mass is 32.1. The van der Waals surface area contributed by atoms with Crippen LogP contribution in [0, 0.1) is 0 Å². The highest BCUT2D eigenvalue weighted by molar-refractivity contribution is 7.12. The molecule has 2 heterocycles. The average molecular weight is 354 g/mol. The van der Waals surface area contributed by atoms with Gasteiger partial charge in [0.25, 0.3) is 5.91 Å². The molecule has 0 radical (unpaired) electrons. The third-order valence-corrected chi connectivity index (χ3v) is 4.46. The number of hydrogen-bond acceptors (Lipinski definition) is 4. The van der Waals surface area contributed by atoms with Gasteiger partial charge in [0, 0.05) is 25.5 Å². The second-order valence-corrected chi connectivity index (χ2v) is 6.44. The largest absolute Gasteiger partial charge is 0.350 e. The fraction of sp³-hybridized carbons (Fsp3) is 0.167. The van der Waals surface area contributed by atoms with Gasteiger partial charge in [0.1, 0.15) is 0 Å². The molecule has 6 nitrogen and oxygen atoms in total. The molecule has 2 N–H and O–H groups in total. The molecule has 0 atom stereocenters. The molecule has 25 heavy (non-hydrogen) atoms. The van der Waals surface area contributed by atoms with E-state index in [9.17, 15) is 9.59 Å². The van der Waals surface area contributed by atoms with E-state index in [1.807, 2.05) is 40.4 Å². The van der Waals surface area contributed by atoms with Crippen molar-refractivity contribution in [1.29, 1.82) is 0 Å². The summed E-state index contributed by atoms with van der Waals surface area (Å²) >= 11 is 1.35. The van der Waals surface area contributed by atoms with Crippen LogP contribution in [0.1, 0.15) is 20.8 Å². The minimum atomic E-state index is -0.228. The van der Waals surface area contributed by atoms with Crippen LogP contribution < -0.4 is 10.6 Å². The van der Waals surface area contributed by atoms with Crippen molar-refractivity contribution in [2.24, 2.45) is 0 Å². The number of nitrogens with zero attached hydrogens (tertiary/aromatic N) is 2. The molecule has 0 saturated heterocycles. The Morgan fingerprint density at radius 1 is 1.08 bits per heavy atom. The van der Waals surface area contributed by atoms with Gasteiger partial charge in [0.2, 0.25) is 5.91 Å². The van der Waals surface area contributed by atoms with E-state index < -0.39 is 0 Å². The van der Waals surface area contributed by atoms with Gasteiger partial charge in [-0.2, -0.15) is 0 Å². The van der Waals surface area contributed by atoms with Crippen molar-refractivity contribution in [2.45, 2.75) is 13.1 Å². The van der Waals surface area contributed by atoms with Crippen LogP contribution in [-0.2, 0) is 17.9 Å².